The summed E-state index contributed by atoms with van der Waals surface area (Å²) in [5.41, 5.74) is 8.97. The van der Waals surface area contributed by atoms with Crippen molar-refractivity contribution in [1.82, 2.24) is 4.90 Å². The van der Waals surface area contributed by atoms with E-state index in [1.807, 2.05) is 12.1 Å². The first-order chi connectivity index (χ1) is 14.9. The highest BCUT2D eigenvalue weighted by Crippen LogP contribution is 2.42. The molecule has 0 bridgehead atoms. The van der Waals surface area contributed by atoms with Gasteiger partial charge in [0.2, 0.25) is 5.91 Å². The van der Waals surface area contributed by atoms with Crippen LogP contribution in [0.25, 0.3) is 0 Å². The van der Waals surface area contributed by atoms with E-state index in [1.165, 1.54) is 11.1 Å². The molecule has 0 aromatic heterocycles. The number of ether oxygens (including phenoxy) is 4. The molecular weight excluding hydrogens is 396 g/mol. The van der Waals surface area contributed by atoms with Gasteiger partial charge in [-0.05, 0) is 67.3 Å². The molecule has 2 aromatic carbocycles. The van der Waals surface area contributed by atoms with Crippen LogP contribution in [0.15, 0.2) is 30.3 Å². The fourth-order valence-corrected chi connectivity index (χ4v) is 4.39. The molecule has 3 rings (SSSR count). The number of likely N-dealkylation sites (N-methyl/N-ethyl adjacent to an activating group) is 1. The van der Waals surface area contributed by atoms with Crippen LogP contribution in [0.2, 0.25) is 0 Å². The van der Waals surface area contributed by atoms with Gasteiger partial charge in [0.1, 0.15) is 0 Å². The molecular formula is C24H32N2O5. The second kappa shape index (κ2) is 9.92. The topological polar surface area (TPSA) is 83.2 Å². The van der Waals surface area contributed by atoms with Crippen molar-refractivity contribution in [3.63, 3.8) is 0 Å². The SMILES string of the molecule is COc1ccc(C[C@@H]2c3cc(OC)c(OC)cc3CC(CCC(N)=O)N2C)cc1OC. The molecule has 2 atom stereocenters. The minimum absolute atomic E-state index is 0.0968. The van der Waals surface area contributed by atoms with Crippen molar-refractivity contribution in [2.24, 2.45) is 5.73 Å². The van der Waals surface area contributed by atoms with Gasteiger partial charge in [-0.3, -0.25) is 9.69 Å². The Labute approximate surface area is 184 Å². The van der Waals surface area contributed by atoms with Crippen molar-refractivity contribution in [3.8, 4) is 23.0 Å². The third-order valence-corrected chi connectivity index (χ3v) is 6.13. The van der Waals surface area contributed by atoms with Crippen LogP contribution in [-0.4, -0.2) is 52.3 Å². The molecule has 1 aliphatic heterocycles. The van der Waals surface area contributed by atoms with Crippen molar-refractivity contribution in [1.29, 1.82) is 0 Å². The Morgan fingerprint density at radius 1 is 0.968 bits per heavy atom. The number of nitrogens with zero attached hydrogens (tertiary/aromatic N) is 1. The summed E-state index contributed by atoms with van der Waals surface area (Å²) in [6.45, 7) is 0. The van der Waals surface area contributed by atoms with Gasteiger partial charge in [0.05, 0.1) is 28.4 Å². The number of carbonyl (C=O) groups is 1. The summed E-state index contributed by atoms with van der Waals surface area (Å²) >= 11 is 0. The molecule has 1 heterocycles. The molecule has 1 unspecified atom stereocenters. The lowest BCUT2D eigenvalue weighted by Crippen LogP contribution is -2.42. The van der Waals surface area contributed by atoms with Crippen molar-refractivity contribution in [3.05, 3.63) is 47.0 Å². The second-order valence-electron chi connectivity index (χ2n) is 7.84. The predicted molar refractivity (Wildman–Crippen MR) is 119 cm³/mol. The summed E-state index contributed by atoms with van der Waals surface area (Å²) in [6.07, 6.45) is 2.66. The molecule has 0 saturated carbocycles. The summed E-state index contributed by atoms with van der Waals surface area (Å²) in [4.78, 5) is 13.8. The van der Waals surface area contributed by atoms with Crippen LogP contribution < -0.4 is 24.7 Å². The Kier molecular flexibility index (Phi) is 7.28. The number of primary amides is 1. The number of carbonyl (C=O) groups excluding carboxylic acids is 1. The Morgan fingerprint density at radius 3 is 2.19 bits per heavy atom. The van der Waals surface area contributed by atoms with Crippen LogP contribution in [0.4, 0.5) is 0 Å². The Bertz CT molecular complexity index is 930. The Morgan fingerprint density at radius 2 is 1.58 bits per heavy atom. The fraction of sp³-hybridized carbons (Fsp3) is 0.458. The first-order valence-electron chi connectivity index (χ1n) is 10.4. The van der Waals surface area contributed by atoms with Gasteiger partial charge in [-0.1, -0.05) is 6.07 Å². The maximum absolute atomic E-state index is 11.4. The first kappa shape index (κ1) is 22.7. The molecule has 168 valence electrons. The van der Waals surface area contributed by atoms with Crippen LogP contribution >= 0.6 is 0 Å². The zero-order chi connectivity index (χ0) is 22.5. The highest BCUT2D eigenvalue weighted by molar-refractivity contribution is 5.73. The Hall–Kier alpha value is -2.93. The molecule has 0 radical (unpaired) electrons. The van der Waals surface area contributed by atoms with Gasteiger partial charge in [0.15, 0.2) is 23.0 Å². The minimum Gasteiger partial charge on any atom is -0.493 e. The molecule has 31 heavy (non-hydrogen) atoms. The lowest BCUT2D eigenvalue weighted by atomic mass is 9.84. The van der Waals surface area contributed by atoms with Gasteiger partial charge < -0.3 is 24.7 Å². The highest BCUT2D eigenvalue weighted by Gasteiger charge is 2.33. The number of benzene rings is 2. The number of hydrogen-bond acceptors (Lipinski definition) is 6. The van der Waals surface area contributed by atoms with Gasteiger partial charge in [0, 0.05) is 18.5 Å². The number of amides is 1. The zero-order valence-electron chi connectivity index (χ0n) is 18.9. The van der Waals surface area contributed by atoms with Gasteiger partial charge in [0.25, 0.3) is 0 Å². The molecule has 2 aromatic rings. The molecule has 0 spiro atoms. The summed E-state index contributed by atoms with van der Waals surface area (Å²) < 4.78 is 22.0. The molecule has 1 amide bonds. The van der Waals surface area contributed by atoms with Crippen LogP contribution in [0.1, 0.15) is 35.6 Å². The van der Waals surface area contributed by atoms with E-state index in [1.54, 1.807) is 28.4 Å². The number of methoxy groups -OCH3 is 4. The summed E-state index contributed by atoms with van der Waals surface area (Å²) in [5.74, 6) is 2.56. The zero-order valence-corrected chi connectivity index (χ0v) is 18.9. The van der Waals surface area contributed by atoms with E-state index in [2.05, 4.69) is 30.1 Å². The molecule has 2 N–H and O–H groups in total. The lowest BCUT2D eigenvalue weighted by molar-refractivity contribution is -0.118. The van der Waals surface area contributed by atoms with E-state index in [4.69, 9.17) is 24.7 Å². The summed E-state index contributed by atoms with van der Waals surface area (Å²) in [6, 6.07) is 10.4. The van der Waals surface area contributed by atoms with Crippen LogP contribution in [0.5, 0.6) is 23.0 Å². The quantitative estimate of drug-likeness (QED) is 0.661. The van der Waals surface area contributed by atoms with E-state index < -0.39 is 0 Å². The smallest absolute Gasteiger partial charge is 0.217 e. The van der Waals surface area contributed by atoms with Crippen LogP contribution in [0.3, 0.4) is 0 Å². The molecule has 0 aliphatic carbocycles. The van der Waals surface area contributed by atoms with Crippen molar-refractivity contribution in [2.45, 2.75) is 37.8 Å². The van der Waals surface area contributed by atoms with E-state index in [0.717, 1.165) is 18.4 Å². The average molecular weight is 429 g/mol. The number of fused-ring (bicyclic) bond motifs is 1. The lowest BCUT2D eigenvalue weighted by Gasteiger charge is -2.41. The Balaban J connectivity index is 2.01. The fourth-order valence-electron chi connectivity index (χ4n) is 4.39. The maximum Gasteiger partial charge on any atom is 0.217 e. The minimum atomic E-state index is -0.275. The molecule has 0 saturated heterocycles. The normalized spacial score (nSPS) is 18.2. The molecule has 7 heteroatoms. The average Bonchev–Trinajstić information content (AvgIpc) is 2.78. The number of hydrogen-bond donors (Lipinski definition) is 1. The van der Waals surface area contributed by atoms with Crippen LogP contribution in [-0.2, 0) is 17.6 Å². The van der Waals surface area contributed by atoms with E-state index in [9.17, 15) is 4.79 Å². The van der Waals surface area contributed by atoms with Crippen molar-refractivity contribution < 1.29 is 23.7 Å². The summed E-state index contributed by atoms with van der Waals surface area (Å²) in [5, 5.41) is 0. The van der Waals surface area contributed by atoms with Gasteiger partial charge >= 0.3 is 0 Å². The first-order valence-corrected chi connectivity index (χ1v) is 10.4. The third kappa shape index (κ3) is 4.88. The third-order valence-electron chi connectivity index (χ3n) is 6.13. The predicted octanol–water partition coefficient (Wildman–Crippen LogP) is 3.13. The number of nitrogens with two attached hydrogens (primary N) is 1. The van der Waals surface area contributed by atoms with Gasteiger partial charge in [-0.25, -0.2) is 0 Å². The van der Waals surface area contributed by atoms with E-state index in [-0.39, 0.29) is 18.0 Å². The van der Waals surface area contributed by atoms with E-state index >= 15 is 0 Å². The largest absolute Gasteiger partial charge is 0.493 e. The van der Waals surface area contributed by atoms with Crippen LogP contribution in [0, 0.1) is 0 Å². The monoisotopic (exact) mass is 428 g/mol. The number of rotatable bonds is 9. The van der Waals surface area contributed by atoms with Crippen molar-refractivity contribution >= 4 is 5.91 Å². The van der Waals surface area contributed by atoms with Gasteiger partial charge in [-0.15, -0.1) is 0 Å². The summed E-state index contributed by atoms with van der Waals surface area (Å²) in [7, 11) is 8.67. The standard InChI is InChI=1S/C24H32N2O5/c1-26-17(7-9-24(25)27)12-16-13-22(30-4)23(31-5)14-18(16)19(26)10-15-6-8-20(28-2)21(11-15)29-3/h6,8,11,13-14,17,19H,7,9-10,12H2,1-5H3,(H2,25,27)/t17?,19-/m1/s1. The van der Waals surface area contributed by atoms with E-state index in [0.29, 0.717) is 35.8 Å². The maximum atomic E-state index is 11.4. The molecule has 7 nitrogen and oxygen atoms in total. The highest BCUT2D eigenvalue weighted by atomic mass is 16.5. The van der Waals surface area contributed by atoms with Crippen molar-refractivity contribution in [2.75, 3.05) is 35.5 Å². The molecule has 0 fully saturated rings. The van der Waals surface area contributed by atoms with Gasteiger partial charge in [-0.2, -0.15) is 0 Å². The molecule has 1 aliphatic rings. The second-order valence-corrected chi connectivity index (χ2v) is 7.84.